The first-order valence-electron chi connectivity index (χ1n) is 6.39. The Bertz CT molecular complexity index is 695. The number of nitrogens with one attached hydrogen (secondary N) is 2. The first kappa shape index (κ1) is 15.5. The van der Waals surface area contributed by atoms with E-state index in [1.54, 1.807) is 24.3 Å². The lowest BCUT2D eigenvalue weighted by Gasteiger charge is -2.22. The molecular formula is C14H15ClN2O4. The van der Waals surface area contributed by atoms with Crippen LogP contribution in [-0.2, 0) is 9.53 Å². The first-order valence-corrected chi connectivity index (χ1v) is 6.39. The fraction of sp³-hybridized carbons (Fsp3) is 0.286. The topological polar surface area (TPSA) is 80.6 Å². The number of benzene rings is 1. The normalized spacial score (nSPS) is 18.0. The first-order chi connectivity index (χ1) is 9.72. The van der Waals surface area contributed by atoms with Crippen molar-refractivity contribution in [1.29, 1.82) is 0 Å². The van der Waals surface area contributed by atoms with Gasteiger partial charge in [0.15, 0.2) is 0 Å². The third-order valence-corrected chi connectivity index (χ3v) is 3.11. The van der Waals surface area contributed by atoms with Crippen molar-refractivity contribution in [3.63, 3.8) is 0 Å². The van der Waals surface area contributed by atoms with Gasteiger partial charge in [-0.25, -0.2) is 4.79 Å². The summed E-state index contributed by atoms with van der Waals surface area (Å²) < 4.78 is 10.4. The molecule has 0 aliphatic carbocycles. The predicted octanol–water partition coefficient (Wildman–Crippen LogP) is 1.14. The zero-order chi connectivity index (χ0) is 13.9. The van der Waals surface area contributed by atoms with Crippen LogP contribution in [0.3, 0.4) is 0 Å². The number of fused-ring (bicyclic) bond motifs is 1. The fourth-order valence-electron chi connectivity index (χ4n) is 2.11. The van der Waals surface area contributed by atoms with Crippen molar-refractivity contribution < 1.29 is 13.9 Å². The number of morpholine rings is 1. The van der Waals surface area contributed by atoms with Gasteiger partial charge in [-0.15, -0.1) is 12.4 Å². The number of hydrogen-bond acceptors (Lipinski definition) is 5. The van der Waals surface area contributed by atoms with Crippen LogP contribution >= 0.6 is 12.4 Å². The molecular weight excluding hydrogens is 296 g/mol. The summed E-state index contributed by atoms with van der Waals surface area (Å²) in [6, 6.07) is 8.12. The largest absolute Gasteiger partial charge is 0.423 e. The maximum absolute atomic E-state index is 12.0. The van der Waals surface area contributed by atoms with Gasteiger partial charge in [-0.1, -0.05) is 0 Å². The van der Waals surface area contributed by atoms with Crippen molar-refractivity contribution in [3.8, 4) is 0 Å². The molecule has 0 saturated carbocycles. The van der Waals surface area contributed by atoms with Crippen molar-refractivity contribution in [2.75, 3.05) is 25.0 Å². The van der Waals surface area contributed by atoms with Gasteiger partial charge in [0.25, 0.3) is 5.91 Å². The average molecular weight is 311 g/mol. The molecule has 112 valence electrons. The maximum atomic E-state index is 12.0. The molecule has 0 bridgehead atoms. The van der Waals surface area contributed by atoms with Crippen molar-refractivity contribution in [1.82, 2.24) is 5.32 Å². The zero-order valence-electron chi connectivity index (χ0n) is 11.1. The summed E-state index contributed by atoms with van der Waals surface area (Å²) in [6.07, 6.45) is -0.479. The van der Waals surface area contributed by atoms with Crippen LogP contribution in [0, 0.1) is 0 Å². The lowest BCUT2D eigenvalue weighted by Crippen LogP contribution is -2.45. The summed E-state index contributed by atoms with van der Waals surface area (Å²) >= 11 is 0. The van der Waals surface area contributed by atoms with Gasteiger partial charge in [-0.2, -0.15) is 0 Å². The Kier molecular flexibility index (Phi) is 4.95. The van der Waals surface area contributed by atoms with Crippen LogP contribution in [0.2, 0.25) is 0 Å². The molecule has 1 fully saturated rings. The molecule has 1 aliphatic heterocycles. The van der Waals surface area contributed by atoms with Gasteiger partial charge in [0.2, 0.25) is 0 Å². The number of amides is 1. The lowest BCUT2D eigenvalue weighted by atomic mass is 10.2. The molecule has 0 radical (unpaired) electrons. The second-order valence-electron chi connectivity index (χ2n) is 4.56. The number of hydrogen-bond donors (Lipinski definition) is 2. The number of carbonyl (C=O) groups is 1. The molecule has 1 unspecified atom stereocenters. The van der Waals surface area contributed by atoms with E-state index in [1.807, 2.05) is 0 Å². The molecule has 1 saturated heterocycles. The van der Waals surface area contributed by atoms with Gasteiger partial charge >= 0.3 is 5.63 Å². The molecule has 2 aromatic rings. The monoisotopic (exact) mass is 310 g/mol. The Morgan fingerprint density at radius 2 is 2.14 bits per heavy atom. The Balaban J connectivity index is 0.00000161. The van der Waals surface area contributed by atoms with Crippen LogP contribution < -0.4 is 16.3 Å². The highest BCUT2D eigenvalue weighted by Crippen LogP contribution is 2.18. The summed E-state index contributed by atoms with van der Waals surface area (Å²) in [5.74, 6) is -0.186. The van der Waals surface area contributed by atoms with Crippen LogP contribution in [0.4, 0.5) is 5.69 Å². The quantitative estimate of drug-likeness (QED) is 0.813. The molecule has 1 aromatic carbocycles. The Morgan fingerprint density at radius 3 is 2.90 bits per heavy atom. The maximum Gasteiger partial charge on any atom is 0.336 e. The molecule has 1 amide bonds. The van der Waals surface area contributed by atoms with E-state index in [-0.39, 0.29) is 18.3 Å². The van der Waals surface area contributed by atoms with Crippen LogP contribution in [0.25, 0.3) is 11.0 Å². The summed E-state index contributed by atoms with van der Waals surface area (Å²) in [5, 5.41) is 6.65. The van der Waals surface area contributed by atoms with Crippen molar-refractivity contribution in [2.24, 2.45) is 0 Å². The van der Waals surface area contributed by atoms with Crippen molar-refractivity contribution >= 4 is 35.0 Å². The van der Waals surface area contributed by atoms with E-state index in [1.165, 1.54) is 6.07 Å². The molecule has 2 heterocycles. The third kappa shape index (κ3) is 3.60. The van der Waals surface area contributed by atoms with Gasteiger partial charge in [0, 0.05) is 30.2 Å². The van der Waals surface area contributed by atoms with E-state index in [4.69, 9.17) is 9.15 Å². The molecule has 2 N–H and O–H groups in total. The smallest absolute Gasteiger partial charge is 0.336 e. The van der Waals surface area contributed by atoms with Crippen LogP contribution in [0.1, 0.15) is 0 Å². The van der Waals surface area contributed by atoms with Gasteiger partial charge < -0.3 is 19.8 Å². The summed E-state index contributed by atoms with van der Waals surface area (Å²) in [7, 11) is 0. The number of anilines is 1. The Morgan fingerprint density at radius 1 is 1.29 bits per heavy atom. The molecule has 0 spiro atoms. The third-order valence-electron chi connectivity index (χ3n) is 3.11. The highest BCUT2D eigenvalue weighted by Gasteiger charge is 2.21. The highest BCUT2D eigenvalue weighted by atomic mass is 35.5. The van der Waals surface area contributed by atoms with Crippen LogP contribution in [-0.4, -0.2) is 31.7 Å². The molecule has 3 rings (SSSR count). The average Bonchev–Trinajstić information content (AvgIpc) is 2.48. The molecule has 1 aliphatic rings. The Hall–Kier alpha value is -1.89. The van der Waals surface area contributed by atoms with E-state index >= 15 is 0 Å². The van der Waals surface area contributed by atoms with E-state index in [0.717, 1.165) is 11.9 Å². The van der Waals surface area contributed by atoms with E-state index in [9.17, 15) is 9.59 Å². The minimum Gasteiger partial charge on any atom is -0.423 e. The van der Waals surface area contributed by atoms with Crippen molar-refractivity contribution in [3.05, 3.63) is 40.8 Å². The second kappa shape index (κ2) is 6.71. The van der Waals surface area contributed by atoms with Crippen molar-refractivity contribution in [2.45, 2.75) is 6.10 Å². The summed E-state index contributed by atoms with van der Waals surface area (Å²) in [5.41, 5.74) is 0.743. The summed E-state index contributed by atoms with van der Waals surface area (Å²) in [6.45, 7) is 1.80. The SMILES string of the molecule is Cl.O=C(Nc1ccc2oc(=O)ccc2c1)C1CNCCO1. The number of rotatable bonds is 2. The molecule has 21 heavy (non-hydrogen) atoms. The second-order valence-corrected chi connectivity index (χ2v) is 4.56. The predicted molar refractivity (Wildman–Crippen MR) is 81.0 cm³/mol. The number of halogens is 1. The van der Waals surface area contributed by atoms with Crippen LogP contribution in [0.15, 0.2) is 39.5 Å². The standard InChI is InChI=1S/C14H14N2O4.ClH/c17-13-4-1-9-7-10(2-3-11(9)20-13)16-14(18)12-8-15-5-6-19-12;/h1-4,7,12,15H,5-6,8H2,(H,16,18);1H. The van der Waals surface area contributed by atoms with Gasteiger partial charge in [0.05, 0.1) is 6.61 Å². The number of ether oxygens (including phenoxy) is 1. The molecule has 6 nitrogen and oxygen atoms in total. The molecule has 7 heteroatoms. The Labute approximate surface area is 126 Å². The zero-order valence-corrected chi connectivity index (χ0v) is 11.9. The van der Waals surface area contributed by atoms with Gasteiger partial charge in [-0.05, 0) is 24.3 Å². The van der Waals surface area contributed by atoms with Gasteiger partial charge in [0.1, 0.15) is 11.7 Å². The minimum absolute atomic E-state index is 0. The van der Waals surface area contributed by atoms with Crippen LogP contribution in [0.5, 0.6) is 0 Å². The highest BCUT2D eigenvalue weighted by molar-refractivity contribution is 5.96. The fourth-order valence-corrected chi connectivity index (χ4v) is 2.11. The summed E-state index contributed by atoms with van der Waals surface area (Å²) in [4.78, 5) is 23.1. The van der Waals surface area contributed by atoms with Gasteiger partial charge in [-0.3, -0.25) is 4.79 Å². The van der Waals surface area contributed by atoms with E-state index in [0.29, 0.717) is 24.4 Å². The minimum atomic E-state index is -0.479. The molecule has 1 atom stereocenters. The number of carbonyl (C=O) groups excluding carboxylic acids is 1. The van der Waals surface area contributed by atoms with E-state index in [2.05, 4.69) is 10.6 Å². The van der Waals surface area contributed by atoms with E-state index < -0.39 is 11.7 Å². The molecule has 1 aromatic heterocycles. The lowest BCUT2D eigenvalue weighted by molar-refractivity contribution is -0.128.